The highest BCUT2D eigenvalue weighted by atomic mass is 32.2. The highest BCUT2D eigenvalue weighted by molar-refractivity contribution is 7.88. The Morgan fingerprint density at radius 2 is 1.68 bits per heavy atom. The van der Waals surface area contributed by atoms with Gasteiger partial charge >= 0.3 is 0 Å². The Morgan fingerprint density at radius 3 is 2.29 bits per heavy atom. The molecule has 28 heavy (non-hydrogen) atoms. The molecular weight excluding hydrogens is 374 g/mol. The van der Waals surface area contributed by atoms with Crippen molar-refractivity contribution in [3.05, 3.63) is 35.4 Å². The molecule has 0 unspecified atom stereocenters. The molecule has 7 nitrogen and oxygen atoms in total. The third-order valence-electron chi connectivity index (χ3n) is 5.02. The van der Waals surface area contributed by atoms with E-state index in [1.54, 1.807) is 7.05 Å². The fourth-order valence-electron chi connectivity index (χ4n) is 3.32. The number of aliphatic imine (C=N–C) groups is 1. The van der Waals surface area contributed by atoms with E-state index in [1.165, 1.54) is 45.8 Å². The second kappa shape index (κ2) is 12.0. The van der Waals surface area contributed by atoms with Gasteiger partial charge in [-0.25, -0.2) is 13.1 Å². The minimum atomic E-state index is -3.24. The highest BCUT2D eigenvalue weighted by Crippen LogP contribution is 2.09. The van der Waals surface area contributed by atoms with Crippen LogP contribution in [0.5, 0.6) is 0 Å². The molecule has 1 aromatic rings. The van der Waals surface area contributed by atoms with Crippen LogP contribution in [-0.4, -0.2) is 59.6 Å². The Kier molecular flexibility index (Phi) is 9.73. The second-order valence-corrected chi connectivity index (χ2v) is 9.17. The van der Waals surface area contributed by atoms with Crippen LogP contribution in [-0.2, 0) is 22.3 Å². The molecule has 1 heterocycles. The fraction of sp³-hybridized carbons (Fsp3) is 0.650. The number of likely N-dealkylation sites (tertiary alicyclic amines) is 1. The molecule has 1 aliphatic heterocycles. The standard InChI is InChI=1S/C20H35N5O2S/c1-21-20(23-12-7-15-25-13-5-3-4-6-14-25)24-16-18-8-10-19(11-9-18)17-28(26,27)22-2/h8-11,22H,3-7,12-17H2,1-2H3,(H2,21,23,24). The smallest absolute Gasteiger partial charge is 0.215 e. The number of rotatable bonds is 9. The van der Waals surface area contributed by atoms with E-state index < -0.39 is 10.0 Å². The minimum Gasteiger partial charge on any atom is -0.356 e. The van der Waals surface area contributed by atoms with Crippen LogP contribution in [0.4, 0.5) is 0 Å². The predicted molar refractivity (Wildman–Crippen MR) is 116 cm³/mol. The molecule has 0 spiro atoms. The van der Waals surface area contributed by atoms with E-state index in [2.05, 4.69) is 25.2 Å². The molecule has 0 aromatic heterocycles. The van der Waals surface area contributed by atoms with Crippen molar-refractivity contribution in [1.82, 2.24) is 20.3 Å². The summed E-state index contributed by atoms with van der Waals surface area (Å²) in [5.74, 6) is 0.787. The summed E-state index contributed by atoms with van der Waals surface area (Å²) >= 11 is 0. The summed E-state index contributed by atoms with van der Waals surface area (Å²) < 4.78 is 25.5. The van der Waals surface area contributed by atoms with E-state index in [4.69, 9.17) is 0 Å². The molecule has 0 bridgehead atoms. The number of nitrogens with one attached hydrogen (secondary N) is 3. The fourth-order valence-corrected chi connectivity index (χ4v) is 4.10. The lowest BCUT2D eigenvalue weighted by Gasteiger charge is -2.20. The first-order chi connectivity index (χ1) is 13.5. The first-order valence-electron chi connectivity index (χ1n) is 10.2. The van der Waals surface area contributed by atoms with Crippen LogP contribution in [0.25, 0.3) is 0 Å². The number of hydrogen-bond donors (Lipinski definition) is 3. The van der Waals surface area contributed by atoms with Crippen molar-refractivity contribution in [3.63, 3.8) is 0 Å². The van der Waals surface area contributed by atoms with Crippen LogP contribution in [0.3, 0.4) is 0 Å². The molecule has 0 amide bonds. The third-order valence-corrected chi connectivity index (χ3v) is 6.35. The summed E-state index contributed by atoms with van der Waals surface area (Å²) in [6.07, 6.45) is 6.51. The second-order valence-electron chi connectivity index (χ2n) is 7.24. The molecule has 158 valence electrons. The average Bonchev–Trinajstić information content (AvgIpc) is 2.97. The predicted octanol–water partition coefficient (Wildman–Crippen LogP) is 1.67. The molecule has 1 aromatic carbocycles. The summed E-state index contributed by atoms with van der Waals surface area (Å²) in [7, 11) is -0.0321. The molecule has 0 saturated carbocycles. The maximum absolute atomic E-state index is 11.6. The molecule has 2 rings (SSSR count). The normalized spacial score (nSPS) is 16.6. The summed E-state index contributed by atoms with van der Waals surface area (Å²) in [6, 6.07) is 7.59. The van der Waals surface area contributed by atoms with Crippen molar-refractivity contribution < 1.29 is 8.42 Å². The number of benzene rings is 1. The van der Waals surface area contributed by atoms with Gasteiger partial charge in [0, 0.05) is 20.1 Å². The van der Waals surface area contributed by atoms with Gasteiger partial charge in [0.2, 0.25) is 10.0 Å². The molecule has 3 N–H and O–H groups in total. The van der Waals surface area contributed by atoms with Crippen molar-refractivity contribution in [2.75, 3.05) is 40.3 Å². The first-order valence-corrected chi connectivity index (χ1v) is 11.8. The largest absolute Gasteiger partial charge is 0.356 e. The van der Waals surface area contributed by atoms with Gasteiger partial charge in [0.25, 0.3) is 0 Å². The van der Waals surface area contributed by atoms with Crippen molar-refractivity contribution >= 4 is 16.0 Å². The van der Waals surface area contributed by atoms with Gasteiger partial charge < -0.3 is 15.5 Å². The maximum atomic E-state index is 11.6. The summed E-state index contributed by atoms with van der Waals surface area (Å²) in [5, 5.41) is 6.68. The van der Waals surface area contributed by atoms with Crippen molar-refractivity contribution in [1.29, 1.82) is 0 Å². The van der Waals surface area contributed by atoms with Gasteiger partial charge in [-0.05, 0) is 57.1 Å². The van der Waals surface area contributed by atoms with E-state index in [1.807, 2.05) is 24.3 Å². The SMILES string of the molecule is CN=C(NCCCN1CCCCCC1)NCc1ccc(CS(=O)(=O)NC)cc1. The Hall–Kier alpha value is -1.64. The minimum absolute atomic E-state index is 0.00253. The highest BCUT2D eigenvalue weighted by Gasteiger charge is 2.09. The van der Waals surface area contributed by atoms with E-state index in [9.17, 15) is 8.42 Å². The zero-order valence-corrected chi connectivity index (χ0v) is 18.0. The molecule has 1 aliphatic rings. The lowest BCUT2D eigenvalue weighted by molar-refractivity contribution is 0.282. The van der Waals surface area contributed by atoms with Gasteiger partial charge in [-0.1, -0.05) is 37.1 Å². The van der Waals surface area contributed by atoms with Crippen molar-refractivity contribution in [2.45, 2.75) is 44.4 Å². The van der Waals surface area contributed by atoms with Crippen LogP contribution in [0.15, 0.2) is 29.3 Å². The van der Waals surface area contributed by atoms with E-state index >= 15 is 0 Å². The van der Waals surface area contributed by atoms with Gasteiger partial charge in [-0.15, -0.1) is 0 Å². The zero-order chi connectivity index (χ0) is 20.2. The monoisotopic (exact) mass is 409 g/mol. The van der Waals surface area contributed by atoms with Gasteiger partial charge in [0.15, 0.2) is 5.96 Å². The van der Waals surface area contributed by atoms with Gasteiger partial charge in [0.05, 0.1) is 5.75 Å². The maximum Gasteiger partial charge on any atom is 0.215 e. The van der Waals surface area contributed by atoms with E-state index in [0.717, 1.165) is 36.6 Å². The summed E-state index contributed by atoms with van der Waals surface area (Å²) in [5.41, 5.74) is 1.85. The van der Waals surface area contributed by atoms with Crippen LogP contribution in [0.2, 0.25) is 0 Å². The quantitative estimate of drug-likeness (QED) is 0.328. The van der Waals surface area contributed by atoms with Crippen LogP contribution in [0, 0.1) is 0 Å². The summed E-state index contributed by atoms with van der Waals surface area (Å²) in [4.78, 5) is 6.84. The number of sulfonamides is 1. The molecule has 1 fully saturated rings. The Morgan fingerprint density at radius 1 is 1.04 bits per heavy atom. The molecule has 0 atom stereocenters. The van der Waals surface area contributed by atoms with Gasteiger partial charge in [-0.2, -0.15) is 0 Å². The number of hydrogen-bond acceptors (Lipinski definition) is 4. The Labute approximate surface area is 170 Å². The topological polar surface area (TPSA) is 85.8 Å². The molecular formula is C20H35N5O2S. The lowest BCUT2D eigenvalue weighted by Crippen LogP contribution is -2.38. The molecule has 8 heteroatoms. The zero-order valence-electron chi connectivity index (χ0n) is 17.2. The third kappa shape index (κ3) is 8.58. The van der Waals surface area contributed by atoms with Crippen LogP contribution in [0.1, 0.15) is 43.2 Å². The lowest BCUT2D eigenvalue weighted by atomic mass is 10.1. The van der Waals surface area contributed by atoms with E-state index in [0.29, 0.717) is 6.54 Å². The molecule has 0 aliphatic carbocycles. The molecule has 1 saturated heterocycles. The Bertz CT molecular complexity index is 696. The summed E-state index contributed by atoms with van der Waals surface area (Å²) in [6.45, 7) is 5.15. The molecule has 0 radical (unpaired) electrons. The van der Waals surface area contributed by atoms with Gasteiger partial charge in [-0.3, -0.25) is 4.99 Å². The number of guanidine groups is 1. The first kappa shape index (κ1) is 22.6. The van der Waals surface area contributed by atoms with Gasteiger partial charge in [0.1, 0.15) is 0 Å². The van der Waals surface area contributed by atoms with E-state index in [-0.39, 0.29) is 5.75 Å². The van der Waals surface area contributed by atoms with Crippen LogP contribution < -0.4 is 15.4 Å². The Balaban J connectivity index is 1.68. The van der Waals surface area contributed by atoms with Crippen molar-refractivity contribution in [3.8, 4) is 0 Å². The van der Waals surface area contributed by atoms with Crippen molar-refractivity contribution in [2.24, 2.45) is 4.99 Å². The number of nitrogens with zero attached hydrogens (tertiary/aromatic N) is 2. The average molecular weight is 410 g/mol. The van der Waals surface area contributed by atoms with Crippen LogP contribution >= 0.6 is 0 Å².